The number of fused-ring (bicyclic) bond motifs is 4. The van der Waals surface area contributed by atoms with Crippen LogP contribution in [0.15, 0.2) is 30.3 Å². The average Bonchev–Trinajstić information content (AvgIpc) is 3.72. The number of halogens is 2. The van der Waals surface area contributed by atoms with E-state index in [1.807, 2.05) is 39.8 Å². The Morgan fingerprint density at radius 3 is 2.52 bits per heavy atom. The Kier molecular flexibility index (Phi) is 10.1. The number of nitrogens with one attached hydrogen (secondary N) is 1. The van der Waals surface area contributed by atoms with Gasteiger partial charge in [-0.1, -0.05) is 64.8 Å². The minimum atomic E-state index is -0.571. The van der Waals surface area contributed by atoms with Crippen molar-refractivity contribution in [2.45, 2.75) is 84.7 Å². The van der Waals surface area contributed by atoms with Gasteiger partial charge in [0, 0.05) is 36.6 Å². The number of pyridine rings is 1. The molecule has 2 unspecified atom stereocenters. The summed E-state index contributed by atoms with van der Waals surface area (Å²) in [7, 11) is 0. The van der Waals surface area contributed by atoms with Crippen LogP contribution >= 0.6 is 0 Å². The Morgan fingerprint density at radius 2 is 1.77 bits per heavy atom. The molecule has 2 aromatic carbocycles. The van der Waals surface area contributed by atoms with Gasteiger partial charge in [0.1, 0.15) is 29.5 Å². The smallest absolute Gasteiger partial charge is 0.319 e. The lowest BCUT2D eigenvalue weighted by Crippen LogP contribution is -2.55. The molecule has 4 aliphatic heterocycles. The zero-order valence-electron chi connectivity index (χ0n) is 29.0. The molecule has 7 nitrogen and oxygen atoms in total. The second-order valence-electron chi connectivity index (χ2n) is 12.9. The van der Waals surface area contributed by atoms with Crippen molar-refractivity contribution >= 4 is 27.5 Å². The van der Waals surface area contributed by atoms with E-state index in [4.69, 9.17) is 26.1 Å². The van der Waals surface area contributed by atoms with Crippen LogP contribution in [0.4, 0.5) is 14.6 Å². The predicted octanol–water partition coefficient (Wildman–Crippen LogP) is 7.52. The van der Waals surface area contributed by atoms with Gasteiger partial charge in [-0.3, -0.25) is 4.90 Å². The number of hydrogen-bond donors (Lipinski definition) is 1. The van der Waals surface area contributed by atoms with Crippen molar-refractivity contribution in [1.29, 1.82) is 0 Å². The number of ether oxygens (including phenoxy) is 1. The molecule has 2 aromatic heterocycles. The van der Waals surface area contributed by atoms with Gasteiger partial charge in [0.2, 0.25) is 0 Å². The van der Waals surface area contributed by atoms with Gasteiger partial charge in [-0.15, -0.1) is 6.42 Å². The number of anilines is 1. The molecule has 2 atom stereocenters. The zero-order chi connectivity index (χ0) is 34.0. The van der Waals surface area contributed by atoms with Crippen LogP contribution in [0.25, 0.3) is 32.9 Å². The Labute approximate surface area is 283 Å². The molecule has 3 saturated heterocycles. The number of aryl methyl sites for hydroxylation is 1. The quantitative estimate of drug-likeness (QED) is 0.228. The van der Waals surface area contributed by atoms with Gasteiger partial charge in [-0.05, 0) is 69.0 Å². The van der Waals surface area contributed by atoms with Crippen LogP contribution in [0.5, 0.6) is 6.01 Å². The standard InChI is InChI=1S/C35H36F2N6O.2C2H6/c1-3-23-25(36)11-10-22-7-4-8-24(28(22)23)31-30(37)32-29-26(39-31)12-9-21(2)27-19-38-15-18-43(27)33(29)41-34(40-32)44-20-35-13-5-16-42(35)17-6-14-35;2*1-2/h1,4,7-8,10-11,21,27,38H,5-6,9,12-20H2,2H3;2*1-2H3. The summed E-state index contributed by atoms with van der Waals surface area (Å²) in [5.41, 5.74) is 1.62. The van der Waals surface area contributed by atoms with Crippen LogP contribution in [-0.4, -0.2) is 70.8 Å². The summed E-state index contributed by atoms with van der Waals surface area (Å²) >= 11 is 0. The monoisotopic (exact) mass is 654 g/mol. The topological polar surface area (TPSA) is 66.4 Å². The Hall–Kier alpha value is -3.87. The van der Waals surface area contributed by atoms with E-state index in [1.54, 1.807) is 12.1 Å². The van der Waals surface area contributed by atoms with Crippen molar-refractivity contribution in [2.75, 3.05) is 44.2 Å². The van der Waals surface area contributed by atoms with Crippen molar-refractivity contribution in [3.8, 4) is 29.6 Å². The maximum absolute atomic E-state index is 17.0. The molecule has 0 aliphatic carbocycles. The summed E-state index contributed by atoms with van der Waals surface area (Å²) in [6, 6.07) is 8.87. The fourth-order valence-electron chi connectivity index (χ4n) is 8.24. The number of hydrogen-bond acceptors (Lipinski definition) is 7. The van der Waals surface area contributed by atoms with Crippen LogP contribution < -0.4 is 15.0 Å². The van der Waals surface area contributed by atoms with Crippen molar-refractivity contribution in [3.05, 3.63) is 53.2 Å². The summed E-state index contributed by atoms with van der Waals surface area (Å²) in [5.74, 6) is 2.45. The van der Waals surface area contributed by atoms with Crippen molar-refractivity contribution in [2.24, 2.45) is 5.92 Å². The normalized spacial score (nSPS) is 21.2. The largest absolute Gasteiger partial charge is 0.461 e. The summed E-state index contributed by atoms with van der Waals surface area (Å²) in [6.07, 6.45) is 11.8. The third-order valence-corrected chi connectivity index (χ3v) is 10.5. The third-order valence-electron chi connectivity index (χ3n) is 10.5. The fourth-order valence-corrected chi connectivity index (χ4v) is 8.24. The molecule has 6 heterocycles. The van der Waals surface area contributed by atoms with Crippen LogP contribution in [0.2, 0.25) is 0 Å². The lowest BCUT2D eigenvalue weighted by atomic mass is 9.89. The van der Waals surface area contributed by atoms with Gasteiger partial charge < -0.3 is 15.0 Å². The average molecular weight is 655 g/mol. The van der Waals surface area contributed by atoms with Gasteiger partial charge in [0.25, 0.3) is 0 Å². The molecular weight excluding hydrogens is 606 g/mol. The summed E-state index contributed by atoms with van der Waals surface area (Å²) in [4.78, 5) is 19.6. The maximum Gasteiger partial charge on any atom is 0.319 e. The van der Waals surface area contributed by atoms with E-state index in [-0.39, 0.29) is 34.4 Å². The Balaban J connectivity index is 0.000000969. The second kappa shape index (κ2) is 14.3. The lowest BCUT2D eigenvalue weighted by Gasteiger charge is -2.42. The van der Waals surface area contributed by atoms with Crippen molar-refractivity contribution in [3.63, 3.8) is 0 Å². The van der Waals surface area contributed by atoms with Gasteiger partial charge in [-0.2, -0.15) is 9.97 Å². The molecule has 1 N–H and O–H groups in total. The Morgan fingerprint density at radius 1 is 1.00 bits per heavy atom. The van der Waals surface area contributed by atoms with Crippen LogP contribution in [0, 0.1) is 29.9 Å². The number of piperazine rings is 1. The molecule has 4 aliphatic rings. The molecule has 4 aromatic rings. The van der Waals surface area contributed by atoms with E-state index < -0.39 is 11.6 Å². The molecule has 0 spiro atoms. The van der Waals surface area contributed by atoms with Crippen LogP contribution in [0.3, 0.4) is 0 Å². The molecule has 0 radical (unpaired) electrons. The van der Waals surface area contributed by atoms with Gasteiger partial charge in [0.05, 0.1) is 22.2 Å². The van der Waals surface area contributed by atoms with E-state index in [2.05, 4.69) is 28.0 Å². The van der Waals surface area contributed by atoms with E-state index >= 15 is 4.39 Å². The second-order valence-corrected chi connectivity index (χ2v) is 12.9. The first kappa shape index (κ1) is 34.0. The van der Waals surface area contributed by atoms with Crippen molar-refractivity contribution < 1.29 is 13.5 Å². The third kappa shape index (κ3) is 5.77. The highest BCUT2D eigenvalue weighted by atomic mass is 19.1. The molecule has 254 valence electrons. The van der Waals surface area contributed by atoms with Gasteiger partial charge in [-0.25, -0.2) is 13.8 Å². The lowest BCUT2D eigenvalue weighted by molar-refractivity contribution is 0.108. The number of aromatic nitrogens is 3. The highest BCUT2D eigenvalue weighted by Gasteiger charge is 2.45. The summed E-state index contributed by atoms with van der Waals surface area (Å²) in [5, 5.41) is 5.38. The molecule has 9 heteroatoms. The first-order valence-electron chi connectivity index (χ1n) is 17.9. The van der Waals surface area contributed by atoms with E-state index in [9.17, 15) is 4.39 Å². The minimum Gasteiger partial charge on any atom is -0.461 e. The minimum absolute atomic E-state index is 0.00176. The van der Waals surface area contributed by atoms with E-state index in [0.29, 0.717) is 41.1 Å². The first-order chi connectivity index (χ1) is 23.5. The molecule has 0 amide bonds. The van der Waals surface area contributed by atoms with Crippen LogP contribution in [-0.2, 0) is 6.42 Å². The maximum atomic E-state index is 17.0. The number of terminal acetylenes is 1. The van der Waals surface area contributed by atoms with E-state index in [1.165, 1.54) is 6.07 Å². The molecule has 3 fully saturated rings. The number of nitrogens with zero attached hydrogens (tertiary/aromatic N) is 5. The van der Waals surface area contributed by atoms with Gasteiger partial charge >= 0.3 is 6.01 Å². The molecule has 48 heavy (non-hydrogen) atoms. The molecule has 8 rings (SSSR count). The Bertz CT molecular complexity index is 1830. The summed E-state index contributed by atoms with van der Waals surface area (Å²) in [6.45, 7) is 15.3. The number of benzene rings is 2. The van der Waals surface area contributed by atoms with Gasteiger partial charge in [0.15, 0.2) is 5.82 Å². The molecule has 0 saturated carbocycles. The first-order valence-corrected chi connectivity index (χ1v) is 17.9. The molecular formula is C39H48F2N6O. The zero-order valence-corrected chi connectivity index (χ0v) is 29.0. The fraction of sp³-hybridized carbons (Fsp3) is 0.513. The highest BCUT2D eigenvalue weighted by molar-refractivity contribution is 6.02. The SMILES string of the molecule is C#Cc1c(F)ccc2cccc(-c3nc4c5c(nc(OCC67CCCN6CCC7)nc5c3F)N3CCNCC3C(C)CC4)c12.CC.CC. The molecule has 0 bridgehead atoms. The van der Waals surface area contributed by atoms with Crippen LogP contribution in [0.1, 0.15) is 78.0 Å². The van der Waals surface area contributed by atoms with E-state index in [0.717, 1.165) is 75.9 Å². The van der Waals surface area contributed by atoms with Crippen molar-refractivity contribution in [1.82, 2.24) is 25.2 Å². The number of rotatable bonds is 4. The summed E-state index contributed by atoms with van der Waals surface area (Å²) < 4.78 is 38.4. The highest BCUT2D eigenvalue weighted by Crippen LogP contribution is 2.42. The predicted molar refractivity (Wildman–Crippen MR) is 191 cm³/mol.